The molecule has 0 saturated carbocycles. The van der Waals surface area contributed by atoms with Gasteiger partial charge in [0, 0.05) is 12.1 Å². The largest absolute Gasteiger partial charge is 0.497 e. The molecule has 0 saturated heterocycles. The molecule has 1 unspecified atom stereocenters. The van der Waals surface area contributed by atoms with Gasteiger partial charge in [-0.1, -0.05) is 13.8 Å². The van der Waals surface area contributed by atoms with Crippen molar-refractivity contribution in [3.05, 3.63) is 18.2 Å². The molecule has 0 aliphatic carbocycles. The molecule has 0 aromatic heterocycles. The van der Waals surface area contributed by atoms with Crippen LogP contribution in [0.2, 0.25) is 0 Å². The third kappa shape index (κ3) is 5.21. The Kier molecular flexibility index (Phi) is 6.48. The first kappa shape index (κ1) is 17.8. The third-order valence-corrected chi connectivity index (χ3v) is 4.80. The minimum atomic E-state index is -3.64. The molecule has 0 fully saturated rings. The third-order valence-electron chi connectivity index (χ3n) is 3.19. The highest BCUT2D eigenvalue weighted by atomic mass is 32.2. The summed E-state index contributed by atoms with van der Waals surface area (Å²) in [5.41, 5.74) is 0. The van der Waals surface area contributed by atoms with Gasteiger partial charge in [-0.05, 0) is 37.8 Å². The van der Waals surface area contributed by atoms with E-state index in [1.165, 1.54) is 20.3 Å². The Balaban J connectivity index is 2.96. The second-order valence-electron chi connectivity index (χ2n) is 5.51. The maximum absolute atomic E-state index is 12.5. The van der Waals surface area contributed by atoms with E-state index in [9.17, 15) is 8.42 Å². The molecule has 120 valence electrons. The van der Waals surface area contributed by atoms with Crippen molar-refractivity contribution in [2.24, 2.45) is 5.92 Å². The summed E-state index contributed by atoms with van der Waals surface area (Å²) in [5.74, 6) is 1.33. The van der Waals surface area contributed by atoms with E-state index in [2.05, 4.69) is 18.6 Å². The van der Waals surface area contributed by atoms with E-state index in [1.807, 2.05) is 6.92 Å². The van der Waals surface area contributed by atoms with Gasteiger partial charge in [-0.3, -0.25) is 0 Å². The molecule has 0 amide bonds. The lowest BCUT2D eigenvalue weighted by atomic mass is 10.1. The molecule has 21 heavy (non-hydrogen) atoms. The number of sulfonamides is 1. The molecule has 0 heterocycles. The van der Waals surface area contributed by atoms with Crippen LogP contribution in [-0.2, 0) is 10.0 Å². The zero-order chi connectivity index (χ0) is 16.0. The minimum absolute atomic E-state index is 0.0979. The molecule has 1 atom stereocenters. The van der Waals surface area contributed by atoms with Crippen LogP contribution in [0, 0.1) is 5.92 Å². The molecule has 0 aliphatic heterocycles. The number of benzene rings is 1. The van der Waals surface area contributed by atoms with Gasteiger partial charge in [0.1, 0.15) is 16.4 Å². The lowest BCUT2D eigenvalue weighted by Gasteiger charge is -2.17. The Morgan fingerprint density at radius 2 is 1.76 bits per heavy atom. The molecule has 1 N–H and O–H groups in total. The quantitative estimate of drug-likeness (QED) is 0.801. The van der Waals surface area contributed by atoms with Crippen LogP contribution in [0.4, 0.5) is 0 Å². The van der Waals surface area contributed by atoms with Crippen LogP contribution in [0.25, 0.3) is 0 Å². The van der Waals surface area contributed by atoms with Crippen LogP contribution in [0.5, 0.6) is 11.5 Å². The summed E-state index contributed by atoms with van der Waals surface area (Å²) in [6.45, 7) is 6.10. The van der Waals surface area contributed by atoms with E-state index in [-0.39, 0.29) is 10.9 Å². The van der Waals surface area contributed by atoms with Gasteiger partial charge in [0.2, 0.25) is 10.0 Å². The van der Waals surface area contributed by atoms with Gasteiger partial charge in [-0.2, -0.15) is 0 Å². The van der Waals surface area contributed by atoms with Gasteiger partial charge in [-0.25, -0.2) is 13.1 Å². The van der Waals surface area contributed by atoms with Crippen LogP contribution in [0.1, 0.15) is 33.6 Å². The highest BCUT2D eigenvalue weighted by Gasteiger charge is 2.22. The smallest absolute Gasteiger partial charge is 0.244 e. The summed E-state index contributed by atoms with van der Waals surface area (Å²) in [6.07, 6.45) is 1.77. The Labute approximate surface area is 127 Å². The Bertz CT molecular complexity index is 555. The number of nitrogens with one attached hydrogen (secondary N) is 1. The van der Waals surface area contributed by atoms with Gasteiger partial charge in [-0.15, -0.1) is 0 Å². The zero-order valence-electron chi connectivity index (χ0n) is 13.3. The summed E-state index contributed by atoms with van der Waals surface area (Å²) in [7, 11) is -0.693. The number of hydrogen-bond donors (Lipinski definition) is 1. The fourth-order valence-corrected chi connectivity index (χ4v) is 3.43. The van der Waals surface area contributed by atoms with Crippen molar-refractivity contribution >= 4 is 10.0 Å². The predicted octanol–water partition coefficient (Wildman–Crippen LogP) is 2.81. The lowest BCUT2D eigenvalue weighted by Crippen LogP contribution is -2.33. The van der Waals surface area contributed by atoms with Gasteiger partial charge >= 0.3 is 0 Å². The second-order valence-corrected chi connectivity index (χ2v) is 7.19. The molecular weight excluding hydrogens is 290 g/mol. The van der Waals surface area contributed by atoms with Crippen molar-refractivity contribution in [2.45, 2.75) is 44.6 Å². The first-order valence-electron chi connectivity index (χ1n) is 7.04. The minimum Gasteiger partial charge on any atom is -0.497 e. The fraction of sp³-hybridized carbons (Fsp3) is 0.600. The zero-order valence-corrected chi connectivity index (χ0v) is 14.2. The SMILES string of the molecule is COc1ccc(OC)c(S(=O)(=O)NC(C)CCC(C)C)c1. The topological polar surface area (TPSA) is 64.6 Å². The Morgan fingerprint density at radius 3 is 2.29 bits per heavy atom. The van der Waals surface area contributed by atoms with Crippen LogP contribution in [0.3, 0.4) is 0 Å². The van der Waals surface area contributed by atoms with Gasteiger partial charge < -0.3 is 9.47 Å². The highest BCUT2D eigenvalue weighted by molar-refractivity contribution is 7.89. The van der Waals surface area contributed by atoms with Crippen molar-refractivity contribution in [1.29, 1.82) is 0 Å². The lowest BCUT2D eigenvalue weighted by molar-refractivity contribution is 0.391. The van der Waals surface area contributed by atoms with E-state index in [0.29, 0.717) is 17.4 Å². The normalized spacial score (nSPS) is 13.2. The number of hydrogen-bond acceptors (Lipinski definition) is 4. The molecule has 1 rings (SSSR count). The van der Waals surface area contributed by atoms with Crippen LogP contribution in [0.15, 0.2) is 23.1 Å². The molecular formula is C15H25NO4S. The average Bonchev–Trinajstić information content (AvgIpc) is 2.44. The van der Waals surface area contributed by atoms with Gasteiger partial charge in [0.25, 0.3) is 0 Å². The van der Waals surface area contributed by atoms with Crippen molar-refractivity contribution in [3.8, 4) is 11.5 Å². The first-order chi connectivity index (χ1) is 9.80. The van der Waals surface area contributed by atoms with E-state index in [1.54, 1.807) is 12.1 Å². The van der Waals surface area contributed by atoms with E-state index >= 15 is 0 Å². The van der Waals surface area contributed by atoms with Crippen LogP contribution < -0.4 is 14.2 Å². The predicted molar refractivity (Wildman–Crippen MR) is 83.4 cm³/mol. The van der Waals surface area contributed by atoms with Crippen LogP contribution in [-0.4, -0.2) is 28.7 Å². The maximum Gasteiger partial charge on any atom is 0.244 e. The number of ether oxygens (including phenoxy) is 2. The molecule has 5 nitrogen and oxygen atoms in total. The molecule has 0 radical (unpaired) electrons. The molecule has 0 aliphatic rings. The molecule has 0 bridgehead atoms. The van der Waals surface area contributed by atoms with Gasteiger partial charge in [0.15, 0.2) is 0 Å². The van der Waals surface area contributed by atoms with Crippen molar-refractivity contribution in [3.63, 3.8) is 0 Å². The fourth-order valence-electron chi connectivity index (χ4n) is 1.96. The standard InChI is InChI=1S/C15H25NO4S/c1-11(2)6-7-12(3)16-21(17,18)15-10-13(19-4)8-9-14(15)20-5/h8-12,16H,6-7H2,1-5H3. The monoisotopic (exact) mass is 315 g/mol. The first-order valence-corrected chi connectivity index (χ1v) is 8.52. The van der Waals surface area contributed by atoms with E-state index < -0.39 is 10.0 Å². The molecule has 1 aromatic rings. The highest BCUT2D eigenvalue weighted by Crippen LogP contribution is 2.28. The van der Waals surface area contributed by atoms with Crippen molar-refractivity contribution in [2.75, 3.05) is 14.2 Å². The second kappa shape index (κ2) is 7.66. The summed E-state index contributed by atoms with van der Waals surface area (Å²) < 4.78 is 37.9. The molecule has 0 spiro atoms. The number of methoxy groups -OCH3 is 2. The Morgan fingerprint density at radius 1 is 1.10 bits per heavy atom. The number of rotatable bonds is 8. The van der Waals surface area contributed by atoms with Gasteiger partial charge in [0.05, 0.1) is 14.2 Å². The van der Waals surface area contributed by atoms with Crippen molar-refractivity contribution in [1.82, 2.24) is 4.72 Å². The van der Waals surface area contributed by atoms with E-state index in [0.717, 1.165) is 12.8 Å². The van der Waals surface area contributed by atoms with Crippen LogP contribution >= 0.6 is 0 Å². The summed E-state index contributed by atoms with van der Waals surface area (Å²) in [5, 5.41) is 0. The average molecular weight is 315 g/mol. The van der Waals surface area contributed by atoms with Crippen molar-refractivity contribution < 1.29 is 17.9 Å². The summed E-state index contributed by atoms with van der Waals surface area (Å²) >= 11 is 0. The molecule has 1 aromatic carbocycles. The Hall–Kier alpha value is -1.27. The molecule has 6 heteroatoms. The maximum atomic E-state index is 12.5. The summed E-state index contributed by atoms with van der Waals surface area (Å²) in [4.78, 5) is 0.0979. The summed E-state index contributed by atoms with van der Waals surface area (Å²) in [6, 6.07) is 4.59. The van der Waals surface area contributed by atoms with E-state index in [4.69, 9.17) is 9.47 Å².